The summed E-state index contributed by atoms with van der Waals surface area (Å²) < 4.78 is 5.60. The Labute approximate surface area is 163 Å². The van der Waals surface area contributed by atoms with E-state index in [2.05, 4.69) is 12.1 Å². The molecule has 1 saturated carbocycles. The molecule has 0 unspecified atom stereocenters. The number of carbonyl (C=O) groups is 2. The van der Waals surface area contributed by atoms with Crippen LogP contribution in [-0.2, 0) is 9.53 Å². The predicted octanol–water partition coefficient (Wildman–Crippen LogP) is 3.23. The number of aliphatic hydroxyl groups is 1. The van der Waals surface area contributed by atoms with Crippen LogP contribution < -0.4 is 0 Å². The van der Waals surface area contributed by atoms with Crippen LogP contribution >= 0.6 is 0 Å². The minimum Gasteiger partial charge on any atom is -0.480 e. The molecule has 0 aliphatic heterocycles. The van der Waals surface area contributed by atoms with Crippen LogP contribution in [-0.4, -0.2) is 52.0 Å². The number of amides is 1. The maximum Gasteiger partial charge on any atom is 0.410 e. The zero-order valence-electron chi connectivity index (χ0n) is 15.6. The van der Waals surface area contributed by atoms with Crippen molar-refractivity contribution < 1.29 is 24.5 Å². The third-order valence-corrected chi connectivity index (χ3v) is 5.50. The van der Waals surface area contributed by atoms with Crippen molar-refractivity contribution in [1.82, 2.24) is 4.90 Å². The first-order valence-electron chi connectivity index (χ1n) is 9.53. The standard InChI is InChI=1S/C22H23NO5/c1-13(24)20(21(25)26)23(14-10-11-14)22(27)28-12-19-17-8-4-2-6-15(17)16-7-3-5-9-18(16)19/h2-9,13-14,19-20,24H,10-12H2,1H3,(H,25,26)/t13-,20+/m1/s1. The highest BCUT2D eigenvalue weighted by Gasteiger charge is 2.44. The van der Waals surface area contributed by atoms with Gasteiger partial charge in [0.15, 0.2) is 6.04 Å². The summed E-state index contributed by atoms with van der Waals surface area (Å²) in [6, 6.07) is 14.6. The molecule has 0 heterocycles. The zero-order valence-corrected chi connectivity index (χ0v) is 15.6. The third-order valence-electron chi connectivity index (χ3n) is 5.50. The number of nitrogens with zero attached hydrogens (tertiary/aromatic N) is 1. The maximum absolute atomic E-state index is 12.8. The van der Waals surface area contributed by atoms with Gasteiger partial charge in [0.05, 0.1) is 6.10 Å². The zero-order chi connectivity index (χ0) is 19.8. The Morgan fingerprint density at radius 2 is 1.61 bits per heavy atom. The van der Waals surface area contributed by atoms with Gasteiger partial charge in [0.1, 0.15) is 6.61 Å². The summed E-state index contributed by atoms with van der Waals surface area (Å²) in [6.07, 6.45) is -0.419. The van der Waals surface area contributed by atoms with Gasteiger partial charge in [-0.1, -0.05) is 48.5 Å². The van der Waals surface area contributed by atoms with Gasteiger partial charge in [-0.2, -0.15) is 0 Å². The predicted molar refractivity (Wildman–Crippen MR) is 103 cm³/mol. The molecule has 0 saturated heterocycles. The molecule has 2 N–H and O–H groups in total. The molecule has 0 aromatic heterocycles. The Hall–Kier alpha value is -2.86. The Morgan fingerprint density at radius 3 is 2.07 bits per heavy atom. The Morgan fingerprint density at radius 1 is 1.07 bits per heavy atom. The van der Waals surface area contributed by atoms with Gasteiger partial charge in [-0.25, -0.2) is 9.59 Å². The summed E-state index contributed by atoms with van der Waals surface area (Å²) in [5.74, 6) is -1.32. The fraction of sp³-hybridized carbons (Fsp3) is 0.364. The molecule has 0 spiro atoms. The summed E-state index contributed by atoms with van der Waals surface area (Å²) in [7, 11) is 0. The van der Waals surface area contributed by atoms with Gasteiger partial charge in [-0.15, -0.1) is 0 Å². The van der Waals surface area contributed by atoms with E-state index >= 15 is 0 Å². The van der Waals surface area contributed by atoms with E-state index in [0.29, 0.717) is 0 Å². The first-order chi connectivity index (χ1) is 13.5. The smallest absolute Gasteiger partial charge is 0.410 e. The van der Waals surface area contributed by atoms with E-state index < -0.39 is 24.2 Å². The van der Waals surface area contributed by atoms with Crippen LogP contribution in [0.1, 0.15) is 36.8 Å². The second-order valence-corrected chi connectivity index (χ2v) is 7.47. The van der Waals surface area contributed by atoms with Crippen LogP contribution in [0, 0.1) is 0 Å². The number of ether oxygens (including phenoxy) is 1. The molecule has 2 aliphatic rings. The molecule has 4 rings (SSSR count). The van der Waals surface area contributed by atoms with Crippen molar-refractivity contribution in [2.45, 2.75) is 43.9 Å². The lowest BCUT2D eigenvalue weighted by atomic mass is 9.98. The number of hydrogen-bond acceptors (Lipinski definition) is 4. The van der Waals surface area contributed by atoms with Crippen molar-refractivity contribution in [2.75, 3.05) is 6.61 Å². The van der Waals surface area contributed by atoms with E-state index in [0.717, 1.165) is 35.1 Å². The van der Waals surface area contributed by atoms with Gasteiger partial charge < -0.3 is 14.9 Å². The monoisotopic (exact) mass is 381 g/mol. The van der Waals surface area contributed by atoms with Crippen LogP contribution in [0.3, 0.4) is 0 Å². The van der Waals surface area contributed by atoms with Crippen LogP contribution in [0.25, 0.3) is 11.1 Å². The number of carboxylic acids is 1. The molecular formula is C22H23NO5. The Bertz CT molecular complexity index is 860. The summed E-state index contributed by atoms with van der Waals surface area (Å²) in [6.45, 7) is 1.51. The van der Waals surface area contributed by atoms with Crippen LogP contribution in [0.15, 0.2) is 48.5 Å². The van der Waals surface area contributed by atoms with Crippen molar-refractivity contribution in [3.05, 3.63) is 59.7 Å². The molecule has 2 aromatic carbocycles. The summed E-state index contributed by atoms with van der Waals surface area (Å²) in [5.41, 5.74) is 4.45. The van der Waals surface area contributed by atoms with Crippen LogP contribution in [0.4, 0.5) is 4.79 Å². The maximum atomic E-state index is 12.8. The van der Waals surface area contributed by atoms with Gasteiger partial charge in [-0.3, -0.25) is 4.90 Å². The highest BCUT2D eigenvalue weighted by atomic mass is 16.6. The number of fused-ring (bicyclic) bond motifs is 3. The van der Waals surface area contributed by atoms with Crippen molar-refractivity contribution in [3.63, 3.8) is 0 Å². The molecule has 1 amide bonds. The van der Waals surface area contributed by atoms with Crippen molar-refractivity contribution in [3.8, 4) is 11.1 Å². The van der Waals surface area contributed by atoms with Gasteiger partial charge in [-0.05, 0) is 42.0 Å². The highest BCUT2D eigenvalue weighted by molar-refractivity contribution is 5.82. The second kappa shape index (κ2) is 7.28. The highest BCUT2D eigenvalue weighted by Crippen LogP contribution is 2.44. The normalized spacial score (nSPS) is 17.4. The summed E-state index contributed by atoms with van der Waals surface area (Å²) >= 11 is 0. The fourth-order valence-corrected chi connectivity index (χ4v) is 4.07. The lowest BCUT2D eigenvalue weighted by Gasteiger charge is -2.30. The third kappa shape index (κ3) is 3.24. The number of benzene rings is 2. The average molecular weight is 381 g/mol. The Balaban J connectivity index is 1.55. The van der Waals surface area contributed by atoms with Gasteiger partial charge >= 0.3 is 12.1 Å². The molecule has 0 radical (unpaired) electrons. The molecule has 6 nitrogen and oxygen atoms in total. The lowest BCUT2D eigenvalue weighted by Crippen LogP contribution is -2.52. The van der Waals surface area contributed by atoms with Gasteiger partial charge in [0.2, 0.25) is 0 Å². The Kier molecular flexibility index (Phi) is 4.81. The topological polar surface area (TPSA) is 87.1 Å². The first-order valence-corrected chi connectivity index (χ1v) is 9.53. The largest absolute Gasteiger partial charge is 0.480 e. The molecule has 0 bridgehead atoms. The minimum absolute atomic E-state index is 0.0905. The van der Waals surface area contributed by atoms with E-state index in [9.17, 15) is 19.8 Å². The lowest BCUT2D eigenvalue weighted by molar-refractivity contribution is -0.147. The molecule has 2 atom stereocenters. The van der Waals surface area contributed by atoms with E-state index in [1.165, 1.54) is 11.8 Å². The summed E-state index contributed by atoms with van der Waals surface area (Å²) in [4.78, 5) is 25.6. The molecule has 2 aliphatic carbocycles. The average Bonchev–Trinajstić information content (AvgIpc) is 3.46. The van der Waals surface area contributed by atoms with Crippen molar-refractivity contribution in [1.29, 1.82) is 0 Å². The molecular weight excluding hydrogens is 358 g/mol. The van der Waals surface area contributed by atoms with Crippen LogP contribution in [0.5, 0.6) is 0 Å². The summed E-state index contributed by atoms with van der Waals surface area (Å²) in [5, 5.41) is 19.4. The molecule has 146 valence electrons. The molecule has 2 aromatic rings. The molecule has 28 heavy (non-hydrogen) atoms. The molecule has 1 fully saturated rings. The molecule has 6 heteroatoms. The van der Waals surface area contributed by atoms with Crippen molar-refractivity contribution >= 4 is 12.1 Å². The first kappa shape index (κ1) is 18.5. The number of aliphatic hydroxyl groups excluding tert-OH is 1. The number of carboxylic acid groups (broad SMARTS) is 1. The van der Waals surface area contributed by atoms with Gasteiger partial charge in [0, 0.05) is 12.0 Å². The van der Waals surface area contributed by atoms with Gasteiger partial charge in [0.25, 0.3) is 0 Å². The van der Waals surface area contributed by atoms with E-state index in [4.69, 9.17) is 4.74 Å². The van der Waals surface area contributed by atoms with E-state index in [1.54, 1.807) is 0 Å². The number of carbonyl (C=O) groups excluding carboxylic acids is 1. The van der Waals surface area contributed by atoms with Crippen molar-refractivity contribution in [2.24, 2.45) is 0 Å². The van der Waals surface area contributed by atoms with E-state index in [-0.39, 0.29) is 18.6 Å². The quantitative estimate of drug-likeness (QED) is 0.802. The van der Waals surface area contributed by atoms with E-state index in [1.807, 2.05) is 36.4 Å². The second-order valence-electron chi connectivity index (χ2n) is 7.47. The van der Waals surface area contributed by atoms with Crippen LogP contribution in [0.2, 0.25) is 0 Å². The fourth-order valence-electron chi connectivity index (χ4n) is 4.07. The number of rotatable bonds is 6. The number of hydrogen-bond donors (Lipinski definition) is 2. The SMILES string of the molecule is C[C@@H](O)[C@@H](C(=O)O)N(C(=O)OCC1c2ccccc2-c2ccccc21)C1CC1. The number of aliphatic carboxylic acids is 1. The minimum atomic E-state index is -1.30.